The maximum Gasteiger partial charge on any atom is 0.256 e. The van der Waals surface area contributed by atoms with Crippen LogP contribution in [0.15, 0.2) is 24.4 Å². The number of carbonyl (C=O) groups excluding carboxylic acids is 1. The minimum Gasteiger partial charge on any atom is -0.384 e. The van der Waals surface area contributed by atoms with E-state index in [1.807, 2.05) is 13.0 Å². The summed E-state index contributed by atoms with van der Waals surface area (Å²) in [5.74, 6) is 5.16. The van der Waals surface area contributed by atoms with Gasteiger partial charge < -0.3 is 10.4 Å². The van der Waals surface area contributed by atoms with Gasteiger partial charge in [-0.05, 0) is 24.6 Å². The van der Waals surface area contributed by atoms with Gasteiger partial charge in [-0.1, -0.05) is 22.4 Å². The molecule has 5 nitrogen and oxygen atoms in total. The topological polar surface area (TPSA) is 75.1 Å². The zero-order chi connectivity index (χ0) is 13.7. The van der Waals surface area contributed by atoms with Crippen molar-refractivity contribution in [2.45, 2.75) is 6.92 Å². The van der Waals surface area contributed by atoms with Gasteiger partial charge in [-0.15, -0.1) is 5.10 Å². The molecule has 0 atom stereocenters. The van der Waals surface area contributed by atoms with Gasteiger partial charge >= 0.3 is 0 Å². The zero-order valence-electron chi connectivity index (χ0n) is 10.2. The average molecular weight is 273 g/mol. The number of hydrogen-bond donors (Lipinski definition) is 2. The fourth-order valence-electron chi connectivity index (χ4n) is 1.55. The number of aliphatic hydroxyl groups excluding tert-OH is 1. The van der Waals surface area contributed by atoms with Crippen molar-refractivity contribution < 1.29 is 9.90 Å². The summed E-state index contributed by atoms with van der Waals surface area (Å²) in [6.45, 7) is 1.61. The van der Waals surface area contributed by atoms with Gasteiger partial charge in [0, 0.05) is 22.7 Å². The molecule has 0 aliphatic heterocycles. The van der Waals surface area contributed by atoms with Crippen LogP contribution in [0.4, 0.5) is 5.00 Å². The maximum atomic E-state index is 12.1. The Morgan fingerprint density at radius 1 is 1.53 bits per heavy atom. The smallest absolute Gasteiger partial charge is 0.256 e. The highest BCUT2D eigenvalue weighted by atomic mass is 32.1. The molecule has 1 aromatic heterocycles. The maximum absolute atomic E-state index is 12.1. The predicted octanol–water partition coefficient (Wildman–Crippen LogP) is 1.44. The van der Waals surface area contributed by atoms with Gasteiger partial charge in [0.2, 0.25) is 0 Å². The monoisotopic (exact) mass is 273 g/mol. The normalized spacial score (nSPS) is 9.58. The minimum atomic E-state index is -0.226. The number of aromatic nitrogens is 2. The number of aliphatic hydroxyl groups is 1. The van der Waals surface area contributed by atoms with Gasteiger partial charge in [0.15, 0.2) is 0 Å². The van der Waals surface area contributed by atoms with E-state index in [0.717, 1.165) is 22.7 Å². The van der Waals surface area contributed by atoms with Crippen molar-refractivity contribution in [1.29, 1.82) is 0 Å². The Hall–Kier alpha value is -2.23. The molecule has 0 aliphatic rings. The number of nitrogens with zero attached hydrogens (tertiary/aromatic N) is 2. The third-order valence-electron chi connectivity index (χ3n) is 2.48. The van der Waals surface area contributed by atoms with E-state index in [-0.39, 0.29) is 12.5 Å². The molecule has 1 heterocycles. The van der Waals surface area contributed by atoms with Crippen molar-refractivity contribution >= 4 is 22.4 Å². The highest BCUT2D eigenvalue weighted by Gasteiger charge is 2.11. The van der Waals surface area contributed by atoms with E-state index >= 15 is 0 Å². The second-order valence-corrected chi connectivity index (χ2v) is 4.46. The zero-order valence-corrected chi connectivity index (χ0v) is 11.0. The molecule has 0 saturated carbocycles. The van der Waals surface area contributed by atoms with Crippen LogP contribution in [0.1, 0.15) is 21.5 Å². The Labute approximate surface area is 114 Å². The first-order chi connectivity index (χ1) is 9.22. The van der Waals surface area contributed by atoms with Crippen LogP contribution in [-0.4, -0.2) is 27.2 Å². The summed E-state index contributed by atoms with van der Waals surface area (Å²) >= 11 is 1.12. The summed E-state index contributed by atoms with van der Waals surface area (Å²) in [6, 6.07) is 5.29. The van der Waals surface area contributed by atoms with Gasteiger partial charge in [0.1, 0.15) is 11.6 Å². The van der Waals surface area contributed by atoms with E-state index in [2.05, 4.69) is 26.7 Å². The first-order valence-corrected chi connectivity index (χ1v) is 6.27. The van der Waals surface area contributed by atoms with Crippen LogP contribution in [0.2, 0.25) is 0 Å². The number of benzene rings is 1. The van der Waals surface area contributed by atoms with E-state index in [0.29, 0.717) is 10.6 Å². The molecule has 0 fully saturated rings. The molecule has 2 rings (SSSR count). The molecular weight excluding hydrogens is 262 g/mol. The number of nitrogens with one attached hydrogen (secondary N) is 1. The molecule has 1 aromatic carbocycles. The van der Waals surface area contributed by atoms with Crippen molar-refractivity contribution in [2.24, 2.45) is 0 Å². The molecule has 0 saturated heterocycles. The quantitative estimate of drug-likeness (QED) is 0.812. The molecule has 0 spiro atoms. The average Bonchev–Trinajstić information content (AvgIpc) is 2.90. The molecule has 2 N–H and O–H groups in total. The largest absolute Gasteiger partial charge is 0.384 e. The van der Waals surface area contributed by atoms with Gasteiger partial charge in [0.25, 0.3) is 5.91 Å². The molecule has 0 aliphatic carbocycles. The van der Waals surface area contributed by atoms with Crippen LogP contribution >= 0.6 is 11.5 Å². The number of anilines is 1. The van der Waals surface area contributed by atoms with Gasteiger partial charge in [-0.2, -0.15) is 0 Å². The number of hydrogen-bond acceptors (Lipinski definition) is 5. The first-order valence-electron chi connectivity index (χ1n) is 5.50. The fourth-order valence-corrected chi connectivity index (χ4v) is 1.97. The summed E-state index contributed by atoms with van der Waals surface area (Å²) in [7, 11) is 0. The van der Waals surface area contributed by atoms with E-state index in [1.165, 1.54) is 6.20 Å². The summed E-state index contributed by atoms with van der Waals surface area (Å²) in [5.41, 5.74) is 2.04. The van der Waals surface area contributed by atoms with Gasteiger partial charge in [-0.25, -0.2) is 0 Å². The summed E-state index contributed by atoms with van der Waals surface area (Å²) in [6.07, 6.45) is 1.49. The van der Waals surface area contributed by atoms with E-state index in [9.17, 15) is 4.79 Å². The number of amides is 1. The lowest BCUT2D eigenvalue weighted by Gasteiger charge is -2.07. The molecular formula is C13H11N3O2S. The van der Waals surface area contributed by atoms with E-state index in [1.54, 1.807) is 12.1 Å². The second kappa shape index (κ2) is 6.09. The van der Waals surface area contributed by atoms with Crippen LogP contribution in [0.5, 0.6) is 0 Å². The Kier molecular flexibility index (Phi) is 4.23. The van der Waals surface area contributed by atoms with Crippen LogP contribution in [0, 0.1) is 18.8 Å². The first kappa shape index (κ1) is 13.2. The lowest BCUT2D eigenvalue weighted by molar-refractivity contribution is 0.102. The standard InChI is InChI=1S/C13H11N3O2S/c1-9-10(5-3-7-17)4-2-6-11(9)13(18)15-12-8-14-16-19-12/h2,4,6,8,17H,7H2,1H3,(H,15,18). The van der Waals surface area contributed by atoms with E-state index in [4.69, 9.17) is 5.11 Å². The van der Waals surface area contributed by atoms with Crippen LogP contribution in [0.3, 0.4) is 0 Å². The highest BCUT2D eigenvalue weighted by molar-refractivity contribution is 7.10. The van der Waals surface area contributed by atoms with Crippen molar-refractivity contribution in [1.82, 2.24) is 9.59 Å². The fraction of sp³-hybridized carbons (Fsp3) is 0.154. The molecule has 96 valence electrons. The molecule has 19 heavy (non-hydrogen) atoms. The lowest BCUT2D eigenvalue weighted by Crippen LogP contribution is -2.13. The summed E-state index contributed by atoms with van der Waals surface area (Å²) in [5, 5.41) is 15.7. The molecule has 0 bridgehead atoms. The number of rotatable bonds is 2. The molecule has 0 unspecified atom stereocenters. The highest BCUT2D eigenvalue weighted by Crippen LogP contribution is 2.16. The Balaban J connectivity index is 2.27. The summed E-state index contributed by atoms with van der Waals surface area (Å²) in [4.78, 5) is 12.1. The van der Waals surface area contributed by atoms with Crippen molar-refractivity contribution in [3.8, 4) is 11.8 Å². The number of carbonyl (C=O) groups is 1. The third-order valence-corrected chi connectivity index (χ3v) is 3.06. The Bertz CT molecular complexity index is 642. The van der Waals surface area contributed by atoms with Crippen LogP contribution in [-0.2, 0) is 0 Å². The SMILES string of the molecule is Cc1c(C#CCO)cccc1C(=O)Nc1cnns1. The molecule has 1 amide bonds. The van der Waals surface area contributed by atoms with Crippen LogP contribution < -0.4 is 5.32 Å². The van der Waals surface area contributed by atoms with Crippen molar-refractivity contribution in [3.05, 3.63) is 41.1 Å². The van der Waals surface area contributed by atoms with Gasteiger partial charge in [0.05, 0.1) is 6.20 Å². The lowest BCUT2D eigenvalue weighted by atomic mass is 10.0. The van der Waals surface area contributed by atoms with E-state index < -0.39 is 0 Å². The third kappa shape index (κ3) is 3.16. The Morgan fingerprint density at radius 3 is 3.05 bits per heavy atom. The van der Waals surface area contributed by atoms with Crippen LogP contribution in [0.25, 0.3) is 0 Å². The summed E-state index contributed by atoms with van der Waals surface area (Å²) < 4.78 is 3.68. The second-order valence-electron chi connectivity index (χ2n) is 3.67. The van der Waals surface area contributed by atoms with Gasteiger partial charge in [-0.3, -0.25) is 4.79 Å². The molecule has 0 radical (unpaired) electrons. The minimum absolute atomic E-state index is 0.206. The molecule has 2 aromatic rings. The predicted molar refractivity (Wildman–Crippen MR) is 73.0 cm³/mol. The van der Waals surface area contributed by atoms with Crippen molar-refractivity contribution in [2.75, 3.05) is 11.9 Å². The Morgan fingerprint density at radius 2 is 2.37 bits per heavy atom. The molecule has 6 heteroatoms. The van der Waals surface area contributed by atoms with Crippen molar-refractivity contribution in [3.63, 3.8) is 0 Å².